The van der Waals surface area contributed by atoms with Crippen LogP contribution in [0.3, 0.4) is 0 Å². The second kappa shape index (κ2) is 22.0. The van der Waals surface area contributed by atoms with Gasteiger partial charge in [-0.15, -0.1) is 11.3 Å². The van der Waals surface area contributed by atoms with E-state index in [9.17, 15) is 0 Å². The number of hydrogen-bond acceptors (Lipinski definition) is 6. The smallest absolute Gasteiger partial charge is 0.137 e. The summed E-state index contributed by atoms with van der Waals surface area (Å²) < 4.78 is 9.15. The van der Waals surface area contributed by atoms with E-state index in [0.29, 0.717) is 0 Å². The average Bonchev–Trinajstić information content (AvgIpc) is 0.939. The Hall–Kier alpha value is -11.5. The lowest BCUT2D eigenvalue weighted by Gasteiger charge is -2.44. The van der Waals surface area contributed by atoms with Gasteiger partial charge < -0.3 is 24.0 Å². The van der Waals surface area contributed by atoms with Crippen LogP contribution in [0, 0.1) is 0 Å². The highest BCUT2D eigenvalue weighted by molar-refractivity contribution is 7.25. The summed E-state index contributed by atoms with van der Waals surface area (Å²) in [5.74, 6) is 0. The molecule has 15 aromatic carbocycles. The molecule has 4 aliphatic heterocycles. The van der Waals surface area contributed by atoms with Gasteiger partial charge in [-0.25, -0.2) is 0 Å². The number of para-hydroxylation sites is 7. The Bertz CT molecular complexity index is 6250. The predicted octanol–water partition coefficient (Wildman–Crippen LogP) is 26.0. The van der Waals surface area contributed by atoms with Crippen LogP contribution in [-0.4, -0.2) is 8.07 Å². The zero-order valence-electron chi connectivity index (χ0n) is 58.5. The van der Waals surface area contributed by atoms with Gasteiger partial charge in [0.15, 0.2) is 0 Å². The first kappa shape index (κ1) is 60.5. The van der Waals surface area contributed by atoms with Crippen molar-refractivity contribution < 1.29 is 4.42 Å². The van der Waals surface area contributed by atoms with E-state index in [1.54, 1.807) is 0 Å². The third kappa shape index (κ3) is 8.49. The molecule has 490 valence electrons. The normalized spacial score (nSPS) is 15.5. The number of nitrogens with zero attached hydrogens (tertiary/aromatic N) is 4. The highest BCUT2D eigenvalue weighted by atomic mass is 32.1. The molecule has 0 spiro atoms. The lowest BCUT2D eigenvalue weighted by Crippen LogP contribution is -2.58. The summed E-state index contributed by atoms with van der Waals surface area (Å²) in [5.41, 5.74) is 24.0. The van der Waals surface area contributed by atoms with Crippen LogP contribution in [0.5, 0.6) is 0 Å². The summed E-state index contributed by atoms with van der Waals surface area (Å²) in [6, 6.07) is 113. The molecule has 21 rings (SSSR count). The van der Waals surface area contributed by atoms with Crippen LogP contribution < -0.4 is 30.0 Å². The SMILES string of the molecule is CC1(C)c2ccccc2N(c2c3ccccc3c(N3c4ccccc4C(C)(C)c4cc5c(cc43)sc3ccccc35)c3ccccc23)c2ccccc21.CC1(C)c2ccccc2N(c2cccc3c(N4c5ccccc5[Si](C)(C)c5ccccc54)cccc23)c2cc3oc4ccccc4c3cc21. The number of rotatable bonds is 4. The molecular weight excluding hydrogens is 1270 g/mol. The van der Waals surface area contributed by atoms with Crippen molar-refractivity contribution in [2.45, 2.75) is 70.9 Å². The second-order valence-electron chi connectivity index (χ2n) is 30.3. The number of furan rings is 1. The Balaban J connectivity index is 0.000000137. The fraction of sp³-hybridized carbons (Fsp3) is 0.116. The third-order valence-corrected chi connectivity index (χ3v) is 28.1. The molecule has 0 bridgehead atoms. The zero-order chi connectivity index (χ0) is 68.7. The number of thiophene rings is 1. The van der Waals surface area contributed by atoms with Crippen molar-refractivity contribution in [3.8, 4) is 0 Å². The minimum absolute atomic E-state index is 0.138. The maximum Gasteiger partial charge on any atom is 0.137 e. The predicted molar refractivity (Wildman–Crippen MR) is 437 cm³/mol. The molecule has 0 fully saturated rings. The second-order valence-corrected chi connectivity index (χ2v) is 35.7. The van der Waals surface area contributed by atoms with E-state index >= 15 is 0 Å². The Kier molecular flexibility index (Phi) is 13.0. The van der Waals surface area contributed by atoms with E-state index in [2.05, 4.69) is 371 Å². The van der Waals surface area contributed by atoms with Gasteiger partial charge in [0.05, 0.1) is 56.9 Å². The molecule has 0 radical (unpaired) electrons. The van der Waals surface area contributed by atoms with Crippen molar-refractivity contribution in [2.75, 3.05) is 19.6 Å². The maximum absolute atomic E-state index is 6.50. The van der Waals surface area contributed by atoms with Crippen LogP contribution in [-0.2, 0) is 16.2 Å². The number of fused-ring (bicyclic) bond motifs is 17. The molecule has 4 aliphatic rings. The molecule has 102 heavy (non-hydrogen) atoms. The van der Waals surface area contributed by atoms with Gasteiger partial charge in [0.1, 0.15) is 19.2 Å². The lowest BCUT2D eigenvalue weighted by molar-refractivity contribution is 0.631. The van der Waals surface area contributed by atoms with Gasteiger partial charge in [0.25, 0.3) is 0 Å². The molecular formula is C95H74N4OSSi. The Labute approximate surface area is 600 Å². The average molecular weight is 1350 g/mol. The van der Waals surface area contributed by atoms with Gasteiger partial charge in [-0.05, 0) is 123 Å². The fourth-order valence-electron chi connectivity index (χ4n) is 18.4. The third-order valence-electron chi connectivity index (χ3n) is 23.4. The van der Waals surface area contributed by atoms with Gasteiger partial charge >= 0.3 is 0 Å². The molecule has 0 unspecified atom stereocenters. The molecule has 2 aromatic heterocycles. The summed E-state index contributed by atoms with van der Waals surface area (Å²) in [6.07, 6.45) is 0. The van der Waals surface area contributed by atoms with Crippen molar-refractivity contribution in [3.05, 3.63) is 337 Å². The van der Waals surface area contributed by atoms with Crippen molar-refractivity contribution in [1.29, 1.82) is 0 Å². The van der Waals surface area contributed by atoms with Crippen LogP contribution in [0.2, 0.25) is 13.1 Å². The minimum Gasteiger partial charge on any atom is -0.456 e. The molecule has 5 nitrogen and oxygen atoms in total. The van der Waals surface area contributed by atoms with Crippen molar-refractivity contribution in [2.24, 2.45) is 0 Å². The summed E-state index contributed by atoms with van der Waals surface area (Å²) >= 11 is 1.90. The van der Waals surface area contributed by atoms with E-state index in [-0.39, 0.29) is 16.2 Å². The highest BCUT2D eigenvalue weighted by Gasteiger charge is 2.44. The van der Waals surface area contributed by atoms with Crippen LogP contribution >= 0.6 is 11.3 Å². The molecule has 0 saturated carbocycles. The number of anilines is 12. The topological polar surface area (TPSA) is 26.1 Å². The van der Waals surface area contributed by atoms with Crippen molar-refractivity contribution >= 4 is 172 Å². The Morgan fingerprint density at radius 2 is 0.588 bits per heavy atom. The lowest BCUT2D eigenvalue weighted by atomic mass is 9.73. The zero-order valence-corrected chi connectivity index (χ0v) is 60.3. The van der Waals surface area contributed by atoms with Crippen LogP contribution in [0.15, 0.2) is 308 Å². The van der Waals surface area contributed by atoms with Gasteiger partial charge in [-0.1, -0.05) is 273 Å². The minimum atomic E-state index is -1.90. The maximum atomic E-state index is 6.50. The van der Waals surface area contributed by atoms with Gasteiger partial charge in [-0.3, -0.25) is 0 Å². The van der Waals surface area contributed by atoms with Gasteiger partial charge in [-0.2, -0.15) is 0 Å². The first-order chi connectivity index (χ1) is 49.7. The van der Waals surface area contributed by atoms with E-state index in [0.717, 1.165) is 33.3 Å². The van der Waals surface area contributed by atoms with Crippen LogP contribution in [0.1, 0.15) is 74.9 Å². The molecule has 17 aromatic rings. The molecule has 7 heteroatoms. The standard InChI is InChI=1S/C50H38N2S.C45H36N2OSi/c1-49(2)37-22-10-13-25-41(37)51(42-26-14-11-23-38(42)49)47-32-18-5-7-20-34(32)48(35-21-8-6-19-33(35)47)52-43-27-15-12-24-39(43)50(3,4)40-29-36-31-17-9-16-28-45(31)53-46(36)30-44(40)52;1-45(2)33-18-6-7-19-37(33)46(40-28-42-32(27-34(40)45)31-15-5-10-24-41(31)48-42)35-22-13-17-30-29(35)16-14-23-36(30)47-38-20-8-11-25-43(38)49(3,4)44-26-12-9-21-39(44)47/h5-30H,1-4H3;5-28H,1-4H3. The van der Waals surface area contributed by atoms with Crippen molar-refractivity contribution in [3.63, 3.8) is 0 Å². The van der Waals surface area contributed by atoms with Crippen molar-refractivity contribution in [1.82, 2.24) is 0 Å². The highest BCUT2D eigenvalue weighted by Crippen LogP contribution is 2.61. The summed E-state index contributed by atoms with van der Waals surface area (Å²) in [7, 11) is -1.90. The summed E-state index contributed by atoms with van der Waals surface area (Å²) in [5, 5.41) is 15.3. The van der Waals surface area contributed by atoms with Gasteiger partial charge in [0.2, 0.25) is 0 Å². The summed E-state index contributed by atoms with van der Waals surface area (Å²) in [4.78, 5) is 10.1. The van der Waals surface area contributed by atoms with Gasteiger partial charge in [0, 0.05) is 96.9 Å². The van der Waals surface area contributed by atoms with Crippen LogP contribution in [0.25, 0.3) is 74.4 Å². The quantitative estimate of drug-likeness (QED) is 0.129. The molecule has 0 aliphatic carbocycles. The molecule has 6 heterocycles. The van der Waals surface area contributed by atoms with E-state index < -0.39 is 8.07 Å². The first-order valence-corrected chi connectivity index (χ1v) is 39.6. The van der Waals surface area contributed by atoms with Crippen LogP contribution in [0.4, 0.5) is 68.2 Å². The van der Waals surface area contributed by atoms with E-state index in [1.165, 1.54) is 153 Å². The molecule has 0 amide bonds. The Morgan fingerprint density at radius 3 is 1.09 bits per heavy atom. The molecule has 0 N–H and O–H groups in total. The number of benzene rings is 15. The molecule has 0 atom stereocenters. The summed E-state index contributed by atoms with van der Waals surface area (Å²) in [6.45, 7) is 19.2. The van der Waals surface area contributed by atoms with E-state index in [1.807, 2.05) is 17.4 Å². The Morgan fingerprint density at radius 1 is 0.245 bits per heavy atom. The largest absolute Gasteiger partial charge is 0.456 e. The molecule has 0 saturated heterocycles. The fourth-order valence-corrected chi connectivity index (χ4v) is 22.5. The van der Waals surface area contributed by atoms with E-state index in [4.69, 9.17) is 4.42 Å². The monoisotopic (exact) mass is 1350 g/mol. The first-order valence-electron chi connectivity index (χ1n) is 35.8. The number of hydrogen-bond donors (Lipinski definition) is 0.